The second-order valence-electron chi connectivity index (χ2n) is 6.35. The lowest BCUT2D eigenvalue weighted by Crippen LogP contribution is -2.13. The Morgan fingerprint density at radius 1 is 1.30 bits per heavy atom. The van der Waals surface area contributed by atoms with Crippen molar-refractivity contribution in [3.05, 3.63) is 47.5 Å². The summed E-state index contributed by atoms with van der Waals surface area (Å²) in [5.41, 5.74) is 1.07. The van der Waals surface area contributed by atoms with Crippen molar-refractivity contribution in [3.63, 3.8) is 0 Å². The van der Waals surface area contributed by atoms with Crippen LogP contribution in [0, 0.1) is 0 Å². The summed E-state index contributed by atoms with van der Waals surface area (Å²) in [5.74, 6) is 1.07. The molecule has 0 aliphatic carbocycles. The van der Waals surface area contributed by atoms with Crippen molar-refractivity contribution in [1.29, 1.82) is 0 Å². The van der Waals surface area contributed by atoms with Crippen LogP contribution in [0.25, 0.3) is 16.7 Å². The summed E-state index contributed by atoms with van der Waals surface area (Å²) in [4.78, 5) is 21.0. The zero-order valence-electron chi connectivity index (χ0n) is 15.0. The van der Waals surface area contributed by atoms with Gasteiger partial charge in [0.2, 0.25) is 5.78 Å². The van der Waals surface area contributed by atoms with E-state index in [2.05, 4.69) is 20.4 Å². The summed E-state index contributed by atoms with van der Waals surface area (Å²) in [6, 6.07) is 5.67. The number of aryl methyl sites for hydroxylation is 1. The number of hydrogen-bond acceptors (Lipinski definition) is 5. The average molecular weight is 385 g/mol. The van der Waals surface area contributed by atoms with Gasteiger partial charge in [0, 0.05) is 19.4 Å². The first-order chi connectivity index (χ1) is 12.9. The molecule has 0 bridgehead atoms. The van der Waals surface area contributed by atoms with Gasteiger partial charge in [0.05, 0.1) is 28.2 Å². The lowest BCUT2D eigenvalue weighted by molar-refractivity contribution is 0.102. The van der Waals surface area contributed by atoms with Crippen molar-refractivity contribution < 1.29 is 9.53 Å². The van der Waals surface area contributed by atoms with E-state index in [1.165, 1.54) is 6.20 Å². The predicted octanol–water partition coefficient (Wildman–Crippen LogP) is 3.31. The monoisotopic (exact) mass is 384 g/mol. The van der Waals surface area contributed by atoms with E-state index in [1.807, 2.05) is 39.1 Å². The van der Waals surface area contributed by atoms with E-state index >= 15 is 0 Å². The van der Waals surface area contributed by atoms with Gasteiger partial charge in [0.25, 0.3) is 5.91 Å². The van der Waals surface area contributed by atoms with Gasteiger partial charge >= 0.3 is 0 Å². The van der Waals surface area contributed by atoms with E-state index in [1.54, 1.807) is 21.5 Å². The molecule has 0 radical (unpaired) electrons. The van der Waals surface area contributed by atoms with Crippen molar-refractivity contribution >= 4 is 40.0 Å². The van der Waals surface area contributed by atoms with Crippen LogP contribution in [0.5, 0.6) is 5.75 Å². The number of fused-ring (bicyclic) bond motifs is 2. The maximum atomic E-state index is 12.7. The van der Waals surface area contributed by atoms with Crippen molar-refractivity contribution in [2.24, 2.45) is 7.05 Å². The predicted molar refractivity (Wildman–Crippen MR) is 102 cm³/mol. The number of halogens is 1. The summed E-state index contributed by atoms with van der Waals surface area (Å²) in [6.07, 6.45) is 4.68. The molecule has 0 aliphatic rings. The normalized spacial score (nSPS) is 11.4. The Hall–Kier alpha value is -3.13. The Labute approximate surface area is 159 Å². The topological polar surface area (TPSA) is 86.3 Å². The number of amides is 1. The van der Waals surface area contributed by atoms with Crippen molar-refractivity contribution in [2.75, 3.05) is 5.32 Å². The summed E-state index contributed by atoms with van der Waals surface area (Å²) < 4.78 is 9.18. The van der Waals surface area contributed by atoms with Gasteiger partial charge in [-0.05, 0) is 26.0 Å². The van der Waals surface area contributed by atoms with Gasteiger partial charge in [-0.25, -0.2) is 9.97 Å². The summed E-state index contributed by atoms with van der Waals surface area (Å²) >= 11 is 5.93. The fourth-order valence-electron chi connectivity index (χ4n) is 2.86. The summed E-state index contributed by atoms with van der Waals surface area (Å²) in [5, 5.41) is 8.45. The molecular formula is C18H17ClN6O2. The van der Waals surface area contributed by atoms with E-state index in [9.17, 15) is 4.79 Å². The fourth-order valence-corrected chi connectivity index (χ4v) is 3.02. The number of carbonyl (C=O) groups is 1. The first-order valence-electron chi connectivity index (χ1n) is 8.36. The van der Waals surface area contributed by atoms with Crippen molar-refractivity contribution in [3.8, 4) is 5.75 Å². The van der Waals surface area contributed by atoms with Gasteiger partial charge in [-0.15, -0.1) is 0 Å². The smallest absolute Gasteiger partial charge is 0.277 e. The molecule has 3 aromatic heterocycles. The molecule has 0 saturated heterocycles. The number of benzene rings is 1. The zero-order chi connectivity index (χ0) is 19.1. The van der Waals surface area contributed by atoms with Gasteiger partial charge in [-0.3, -0.25) is 13.9 Å². The minimum atomic E-state index is -0.393. The van der Waals surface area contributed by atoms with Gasteiger partial charge in [0.15, 0.2) is 5.82 Å². The summed E-state index contributed by atoms with van der Waals surface area (Å²) in [6.45, 7) is 3.89. The molecule has 8 nitrogen and oxygen atoms in total. The molecular weight excluding hydrogens is 368 g/mol. The molecule has 0 unspecified atom stereocenters. The number of aromatic nitrogens is 5. The van der Waals surface area contributed by atoms with Gasteiger partial charge in [0.1, 0.15) is 11.4 Å². The Bertz CT molecular complexity index is 1160. The van der Waals surface area contributed by atoms with Crippen LogP contribution in [0.3, 0.4) is 0 Å². The molecule has 9 heteroatoms. The van der Waals surface area contributed by atoms with Gasteiger partial charge in [-0.1, -0.05) is 17.7 Å². The van der Waals surface area contributed by atoms with E-state index in [0.29, 0.717) is 22.4 Å². The minimum absolute atomic E-state index is 0.00591. The van der Waals surface area contributed by atoms with E-state index in [0.717, 1.165) is 10.9 Å². The SMILES string of the molecule is CC(C)Oc1cccc2c1c(NC(=O)c1cn3cc(Cl)cnc3n1)nn2C. The lowest BCUT2D eigenvalue weighted by Gasteiger charge is -2.11. The fraction of sp³-hybridized carbons (Fsp3) is 0.222. The Morgan fingerprint density at radius 2 is 2.11 bits per heavy atom. The van der Waals surface area contributed by atoms with Crippen LogP contribution < -0.4 is 10.1 Å². The third-order valence-electron chi connectivity index (χ3n) is 3.95. The molecule has 4 aromatic rings. The number of ether oxygens (including phenoxy) is 1. The highest BCUT2D eigenvalue weighted by Gasteiger charge is 2.19. The number of anilines is 1. The van der Waals surface area contributed by atoms with Crippen LogP contribution >= 0.6 is 11.6 Å². The van der Waals surface area contributed by atoms with Crippen LogP contribution in [-0.2, 0) is 7.05 Å². The molecule has 3 heterocycles. The quantitative estimate of drug-likeness (QED) is 0.583. The third-order valence-corrected chi connectivity index (χ3v) is 4.14. The van der Waals surface area contributed by atoms with E-state index in [4.69, 9.17) is 16.3 Å². The van der Waals surface area contributed by atoms with Crippen LogP contribution in [0.15, 0.2) is 36.8 Å². The number of nitrogens with one attached hydrogen (secondary N) is 1. The number of hydrogen-bond donors (Lipinski definition) is 1. The molecule has 0 aliphatic heterocycles. The number of carbonyl (C=O) groups excluding carboxylic acids is 1. The molecule has 4 rings (SSSR count). The Kier molecular flexibility index (Phi) is 4.19. The number of imidazole rings is 1. The molecule has 138 valence electrons. The standard InChI is InChI=1S/C18H17ClN6O2/c1-10(2)27-14-6-4-5-13-15(14)16(23-24(13)3)22-17(26)12-9-25-8-11(19)7-20-18(25)21-12/h4-10H,1-3H3,(H,22,23,26). The first kappa shape index (κ1) is 17.3. The summed E-state index contributed by atoms with van der Waals surface area (Å²) in [7, 11) is 1.81. The highest BCUT2D eigenvalue weighted by atomic mass is 35.5. The van der Waals surface area contributed by atoms with Gasteiger partial charge in [-0.2, -0.15) is 5.10 Å². The molecule has 1 aromatic carbocycles. The molecule has 1 amide bonds. The Morgan fingerprint density at radius 3 is 2.89 bits per heavy atom. The van der Waals surface area contributed by atoms with Crippen LogP contribution in [0.4, 0.5) is 5.82 Å². The second-order valence-corrected chi connectivity index (χ2v) is 6.79. The molecule has 27 heavy (non-hydrogen) atoms. The maximum Gasteiger partial charge on any atom is 0.277 e. The van der Waals surface area contributed by atoms with Crippen LogP contribution in [0.1, 0.15) is 24.3 Å². The van der Waals surface area contributed by atoms with Crippen LogP contribution in [-0.4, -0.2) is 36.2 Å². The number of nitrogens with zero attached hydrogens (tertiary/aromatic N) is 5. The maximum absolute atomic E-state index is 12.7. The largest absolute Gasteiger partial charge is 0.490 e. The molecule has 0 saturated carbocycles. The second kappa shape index (κ2) is 6.55. The molecule has 0 spiro atoms. The zero-order valence-corrected chi connectivity index (χ0v) is 15.7. The first-order valence-corrected chi connectivity index (χ1v) is 8.74. The molecule has 0 fully saturated rings. The highest BCUT2D eigenvalue weighted by molar-refractivity contribution is 6.30. The highest BCUT2D eigenvalue weighted by Crippen LogP contribution is 2.32. The third kappa shape index (κ3) is 3.19. The van der Waals surface area contributed by atoms with Crippen LogP contribution in [0.2, 0.25) is 5.02 Å². The van der Waals surface area contributed by atoms with E-state index in [-0.39, 0.29) is 11.8 Å². The van der Waals surface area contributed by atoms with Gasteiger partial charge < -0.3 is 10.1 Å². The number of rotatable bonds is 4. The van der Waals surface area contributed by atoms with Crippen molar-refractivity contribution in [1.82, 2.24) is 24.1 Å². The average Bonchev–Trinajstić information content (AvgIpc) is 3.16. The lowest BCUT2D eigenvalue weighted by atomic mass is 10.2. The molecule has 0 atom stereocenters. The van der Waals surface area contributed by atoms with Crippen molar-refractivity contribution in [2.45, 2.75) is 20.0 Å². The Balaban J connectivity index is 1.72. The molecule has 1 N–H and O–H groups in total. The van der Waals surface area contributed by atoms with E-state index < -0.39 is 5.91 Å². The minimum Gasteiger partial charge on any atom is -0.490 e.